The SMILES string of the molecule is COc1cc(N)cc(N2CCC(O)C(C)C2)c1. The van der Waals surface area contributed by atoms with E-state index in [0.29, 0.717) is 5.69 Å². The monoisotopic (exact) mass is 236 g/mol. The summed E-state index contributed by atoms with van der Waals surface area (Å²) in [6, 6.07) is 5.75. The van der Waals surface area contributed by atoms with E-state index < -0.39 is 0 Å². The van der Waals surface area contributed by atoms with Gasteiger partial charge < -0.3 is 20.5 Å². The minimum Gasteiger partial charge on any atom is -0.497 e. The Morgan fingerprint density at radius 2 is 2.18 bits per heavy atom. The van der Waals surface area contributed by atoms with Crippen LogP contribution in [0, 0.1) is 5.92 Å². The highest BCUT2D eigenvalue weighted by Crippen LogP contribution is 2.28. The quantitative estimate of drug-likeness (QED) is 0.764. The second-order valence-corrected chi connectivity index (χ2v) is 4.74. The van der Waals surface area contributed by atoms with Gasteiger partial charge >= 0.3 is 0 Å². The number of hydrogen-bond acceptors (Lipinski definition) is 4. The first-order chi connectivity index (χ1) is 8.10. The number of nitrogen functional groups attached to an aromatic ring is 1. The van der Waals surface area contributed by atoms with Gasteiger partial charge in [-0.3, -0.25) is 0 Å². The Balaban J connectivity index is 2.19. The Labute approximate surface area is 102 Å². The molecule has 4 heteroatoms. The third-order valence-electron chi connectivity index (χ3n) is 3.37. The molecule has 94 valence electrons. The fraction of sp³-hybridized carbons (Fsp3) is 0.538. The van der Waals surface area contributed by atoms with Gasteiger partial charge in [-0.1, -0.05) is 6.92 Å². The lowest BCUT2D eigenvalue weighted by molar-refractivity contribution is 0.0971. The Bertz CT molecular complexity index is 395. The molecule has 1 fully saturated rings. The van der Waals surface area contributed by atoms with Crippen molar-refractivity contribution in [1.82, 2.24) is 0 Å². The Hall–Kier alpha value is -1.42. The molecule has 17 heavy (non-hydrogen) atoms. The summed E-state index contributed by atoms with van der Waals surface area (Å²) in [5.74, 6) is 1.06. The maximum atomic E-state index is 9.72. The Morgan fingerprint density at radius 1 is 1.41 bits per heavy atom. The van der Waals surface area contributed by atoms with Crippen molar-refractivity contribution < 1.29 is 9.84 Å². The zero-order chi connectivity index (χ0) is 12.4. The van der Waals surface area contributed by atoms with Gasteiger partial charge in [-0.05, 0) is 18.4 Å². The van der Waals surface area contributed by atoms with Crippen LogP contribution in [0.4, 0.5) is 11.4 Å². The summed E-state index contributed by atoms with van der Waals surface area (Å²) in [5.41, 5.74) is 7.62. The van der Waals surface area contributed by atoms with Gasteiger partial charge in [0.2, 0.25) is 0 Å². The van der Waals surface area contributed by atoms with Crippen LogP contribution < -0.4 is 15.4 Å². The lowest BCUT2D eigenvalue weighted by Gasteiger charge is -2.36. The van der Waals surface area contributed by atoms with Gasteiger partial charge in [0, 0.05) is 36.6 Å². The summed E-state index contributed by atoms with van der Waals surface area (Å²) in [6.07, 6.45) is 0.618. The van der Waals surface area contributed by atoms with Crippen LogP contribution in [0.25, 0.3) is 0 Å². The van der Waals surface area contributed by atoms with Gasteiger partial charge in [0.1, 0.15) is 5.75 Å². The summed E-state index contributed by atoms with van der Waals surface area (Å²) in [4.78, 5) is 2.25. The number of aliphatic hydroxyl groups is 1. The number of piperidine rings is 1. The number of methoxy groups -OCH3 is 1. The molecule has 4 nitrogen and oxygen atoms in total. The predicted octanol–water partition coefficient (Wildman–Crippen LogP) is 1.48. The molecule has 0 bridgehead atoms. The molecule has 0 amide bonds. The first kappa shape index (κ1) is 12.0. The first-order valence-corrected chi connectivity index (χ1v) is 5.97. The average molecular weight is 236 g/mol. The molecule has 0 radical (unpaired) electrons. The van der Waals surface area contributed by atoms with Crippen LogP contribution in [0.3, 0.4) is 0 Å². The largest absolute Gasteiger partial charge is 0.497 e. The second kappa shape index (κ2) is 4.84. The molecule has 1 aliphatic rings. The third-order valence-corrected chi connectivity index (χ3v) is 3.37. The fourth-order valence-corrected chi connectivity index (χ4v) is 2.27. The van der Waals surface area contributed by atoms with Gasteiger partial charge in [-0.15, -0.1) is 0 Å². The number of nitrogens with zero attached hydrogens (tertiary/aromatic N) is 1. The molecule has 0 saturated carbocycles. The van der Waals surface area contributed by atoms with E-state index in [0.717, 1.165) is 30.9 Å². The summed E-state index contributed by atoms with van der Waals surface area (Å²) in [6.45, 7) is 3.78. The van der Waals surface area contributed by atoms with Crippen molar-refractivity contribution in [2.75, 3.05) is 30.8 Å². The number of hydrogen-bond donors (Lipinski definition) is 2. The van der Waals surface area contributed by atoms with E-state index >= 15 is 0 Å². The van der Waals surface area contributed by atoms with E-state index in [1.165, 1.54) is 0 Å². The van der Waals surface area contributed by atoms with Crippen molar-refractivity contribution in [1.29, 1.82) is 0 Å². The summed E-state index contributed by atoms with van der Waals surface area (Å²) < 4.78 is 5.22. The van der Waals surface area contributed by atoms with Crippen molar-refractivity contribution in [3.63, 3.8) is 0 Å². The van der Waals surface area contributed by atoms with Crippen LogP contribution in [-0.4, -0.2) is 31.4 Å². The molecule has 0 aliphatic carbocycles. The fourth-order valence-electron chi connectivity index (χ4n) is 2.27. The summed E-state index contributed by atoms with van der Waals surface area (Å²) in [7, 11) is 1.64. The van der Waals surface area contributed by atoms with Gasteiger partial charge in [-0.25, -0.2) is 0 Å². The number of ether oxygens (including phenoxy) is 1. The molecule has 1 aliphatic heterocycles. The molecule has 2 unspecified atom stereocenters. The minimum atomic E-state index is -0.186. The topological polar surface area (TPSA) is 58.7 Å². The van der Waals surface area contributed by atoms with E-state index in [4.69, 9.17) is 10.5 Å². The molecule has 1 saturated heterocycles. The molecule has 2 atom stereocenters. The molecule has 1 aromatic rings. The molecule has 2 rings (SSSR count). The van der Waals surface area contributed by atoms with E-state index in [-0.39, 0.29) is 12.0 Å². The zero-order valence-electron chi connectivity index (χ0n) is 10.4. The lowest BCUT2D eigenvalue weighted by Crippen LogP contribution is -2.41. The highest BCUT2D eigenvalue weighted by molar-refractivity contribution is 5.60. The zero-order valence-corrected chi connectivity index (χ0v) is 10.4. The minimum absolute atomic E-state index is 0.186. The van der Waals surface area contributed by atoms with Gasteiger partial charge in [-0.2, -0.15) is 0 Å². The summed E-state index contributed by atoms with van der Waals surface area (Å²) >= 11 is 0. The molecular weight excluding hydrogens is 216 g/mol. The Kier molecular flexibility index (Phi) is 3.43. The van der Waals surface area contributed by atoms with Crippen LogP contribution in [0.15, 0.2) is 18.2 Å². The van der Waals surface area contributed by atoms with Crippen molar-refractivity contribution in [2.45, 2.75) is 19.4 Å². The van der Waals surface area contributed by atoms with Crippen molar-refractivity contribution in [3.8, 4) is 5.75 Å². The van der Waals surface area contributed by atoms with E-state index in [1.54, 1.807) is 7.11 Å². The van der Waals surface area contributed by atoms with Gasteiger partial charge in [0.15, 0.2) is 0 Å². The number of nitrogens with two attached hydrogens (primary N) is 1. The highest BCUT2D eigenvalue weighted by Gasteiger charge is 2.24. The third kappa shape index (κ3) is 2.64. The highest BCUT2D eigenvalue weighted by atomic mass is 16.5. The van der Waals surface area contributed by atoms with Crippen LogP contribution in [0.1, 0.15) is 13.3 Å². The van der Waals surface area contributed by atoms with E-state index in [2.05, 4.69) is 11.8 Å². The predicted molar refractivity (Wildman–Crippen MR) is 69.4 cm³/mol. The normalized spacial score (nSPS) is 24.8. The number of benzene rings is 1. The molecule has 0 spiro atoms. The number of aliphatic hydroxyl groups excluding tert-OH is 1. The number of anilines is 2. The average Bonchev–Trinajstić information content (AvgIpc) is 2.32. The van der Waals surface area contributed by atoms with Crippen molar-refractivity contribution in [3.05, 3.63) is 18.2 Å². The molecule has 1 heterocycles. The van der Waals surface area contributed by atoms with Gasteiger partial charge in [0.05, 0.1) is 13.2 Å². The van der Waals surface area contributed by atoms with Crippen LogP contribution in [0.2, 0.25) is 0 Å². The Morgan fingerprint density at radius 3 is 2.82 bits per heavy atom. The van der Waals surface area contributed by atoms with Crippen molar-refractivity contribution in [2.24, 2.45) is 5.92 Å². The van der Waals surface area contributed by atoms with Gasteiger partial charge in [0.25, 0.3) is 0 Å². The lowest BCUT2D eigenvalue weighted by atomic mass is 9.96. The van der Waals surface area contributed by atoms with Crippen molar-refractivity contribution >= 4 is 11.4 Å². The maximum absolute atomic E-state index is 9.72. The first-order valence-electron chi connectivity index (χ1n) is 5.97. The number of rotatable bonds is 2. The molecule has 3 N–H and O–H groups in total. The van der Waals surface area contributed by atoms with Crippen LogP contribution >= 0.6 is 0 Å². The molecule has 1 aromatic carbocycles. The standard InChI is InChI=1S/C13H20N2O2/c1-9-8-15(4-3-13(9)16)11-5-10(14)6-12(7-11)17-2/h5-7,9,13,16H,3-4,8,14H2,1-2H3. The second-order valence-electron chi connectivity index (χ2n) is 4.74. The maximum Gasteiger partial charge on any atom is 0.122 e. The summed E-state index contributed by atoms with van der Waals surface area (Å²) in [5, 5.41) is 9.72. The van der Waals surface area contributed by atoms with E-state index in [1.807, 2.05) is 18.2 Å². The van der Waals surface area contributed by atoms with Crippen LogP contribution in [-0.2, 0) is 0 Å². The van der Waals surface area contributed by atoms with E-state index in [9.17, 15) is 5.11 Å². The molecular formula is C13H20N2O2. The molecule has 0 aromatic heterocycles. The smallest absolute Gasteiger partial charge is 0.122 e. The van der Waals surface area contributed by atoms with Crippen LogP contribution in [0.5, 0.6) is 5.75 Å².